The van der Waals surface area contributed by atoms with Gasteiger partial charge >= 0.3 is 0 Å². The van der Waals surface area contributed by atoms with E-state index < -0.39 is 0 Å². The summed E-state index contributed by atoms with van der Waals surface area (Å²) >= 11 is 0. The Morgan fingerprint density at radius 2 is 2.42 bits per heavy atom. The van der Waals surface area contributed by atoms with Gasteiger partial charge in [0.15, 0.2) is 5.96 Å². The van der Waals surface area contributed by atoms with Crippen molar-refractivity contribution < 1.29 is 0 Å². The Morgan fingerprint density at radius 3 is 3.05 bits per heavy atom. The fourth-order valence-electron chi connectivity index (χ4n) is 2.51. The summed E-state index contributed by atoms with van der Waals surface area (Å²) in [5, 5.41) is 15.7. The lowest BCUT2D eigenvalue weighted by Crippen LogP contribution is -2.44. The first-order valence-corrected chi connectivity index (χ1v) is 6.71. The van der Waals surface area contributed by atoms with Crippen LogP contribution in [0.15, 0.2) is 23.3 Å². The van der Waals surface area contributed by atoms with E-state index in [2.05, 4.69) is 32.3 Å². The van der Waals surface area contributed by atoms with Gasteiger partial charge in [-0.05, 0) is 31.4 Å². The number of hydrogen-bond donors (Lipinski definition) is 2. The summed E-state index contributed by atoms with van der Waals surface area (Å²) in [4.78, 5) is 4.23. The molecule has 1 aliphatic carbocycles. The molecule has 0 amide bonds. The number of rotatable bonds is 3. The maximum Gasteiger partial charge on any atom is 0.191 e. The second-order valence-electron chi connectivity index (χ2n) is 4.95. The number of aryl methyl sites for hydroxylation is 1. The molecule has 5 heteroatoms. The molecule has 1 aliphatic rings. The predicted molar refractivity (Wildman–Crippen MR) is 75.5 cm³/mol. The van der Waals surface area contributed by atoms with Gasteiger partial charge in [-0.1, -0.05) is 0 Å². The van der Waals surface area contributed by atoms with Gasteiger partial charge in [0.2, 0.25) is 0 Å². The van der Waals surface area contributed by atoms with Crippen LogP contribution in [0.4, 0.5) is 0 Å². The van der Waals surface area contributed by atoms with Crippen molar-refractivity contribution in [2.45, 2.75) is 31.8 Å². The van der Waals surface area contributed by atoms with Crippen molar-refractivity contribution in [2.24, 2.45) is 18.0 Å². The lowest BCUT2D eigenvalue weighted by Gasteiger charge is -2.19. The van der Waals surface area contributed by atoms with E-state index in [0.717, 1.165) is 31.8 Å². The second-order valence-corrected chi connectivity index (χ2v) is 4.95. The van der Waals surface area contributed by atoms with Crippen molar-refractivity contribution in [3.05, 3.63) is 24.0 Å². The topological polar surface area (TPSA) is 65.1 Å². The average molecular weight is 259 g/mol. The monoisotopic (exact) mass is 259 g/mol. The molecule has 0 spiro atoms. The third kappa shape index (κ3) is 3.28. The number of aliphatic imine (C=N–C) groups is 1. The molecular formula is C14H21N5. The van der Waals surface area contributed by atoms with Crippen LogP contribution in [0.3, 0.4) is 0 Å². The summed E-state index contributed by atoms with van der Waals surface area (Å²) in [7, 11) is 3.78. The number of nitrogens with zero attached hydrogens (tertiary/aromatic N) is 3. The van der Waals surface area contributed by atoms with Gasteiger partial charge in [-0.2, -0.15) is 5.26 Å². The van der Waals surface area contributed by atoms with Crippen LogP contribution in [0.5, 0.6) is 0 Å². The zero-order valence-corrected chi connectivity index (χ0v) is 11.6. The van der Waals surface area contributed by atoms with Gasteiger partial charge in [-0.25, -0.2) is 0 Å². The Kier molecular flexibility index (Phi) is 4.45. The highest BCUT2D eigenvalue weighted by Gasteiger charge is 2.27. The minimum Gasteiger partial charge on any atom is -0.353 e. The molecule has 5 nitrogen and oxygen atoms in total. The van der Waals surface area contributed by atoms with Crippen molar-refractivity contribution >= 4 is 5.96 Å². The van der Waals surface area contributed by atoms with Gasteiger partial charge in [0, 0.05) is 32.0 Å². The highest BCUT2D eigenvalue weighted by molar-refractivity contribution is 5.80. The van der Waals surface area contributed by atoms with E-state index in [9.17, 15) is 0 Å². The lowest BCUT2D eigenvalue weighted by atomic mass is 10.1. The molecule has 19 heavy (non-hydrogen) atoms. The van der Waals surface area contributed by atoms with Crippen molar-refractivity contribution in [1.29, 1.82) is 5.26 Å². The van der Waals surface area contributed by atoms with Gasteiger partial charge in [0.1, 0.15) is 0 Å². The molecular weight excluding hydrogens is 238 g/mol. The van der Waals surface area contributed by atoms with E-state index in [1.807, 2.05) is 19.3 Å². The first-order valence-electron chi connectivity index (χ1n) is 6.71. The Labute approximate surface area is 114 Å². The van der Waals surface area contributed by atoms with E-state index >= 15 is 0 Å². The first kappa shape index (κ1) is 13.5. The molecule has 2 N–H and O–H groups in total. The molecule has 0 aromatic carbocycles. The van der Waals surface area contributed by atoms with Crippen LogP contribution in [0.25, 0.3) is 0 Å². The molecule has 1 aromatic rings. The molecule has 1 aromatic heterocycles. The van der Waals surface area contributed by atoms with E-state index in [1.165, 1.54) is 5.69 Å². The molecule has 0 aliphatic heterocycles. The molecule has 2 unspecified atom stereocenters. The van der Waals surface area contributed by atoms with Crippen molar-refractivity contribution in [3.8, 4) is 6.07 Å². The third-order valence-electron chi connectivity index (χ3n) is 3.72. The normalized spacial score (nSPS) is 23.1. The number of nitriles is 1. The minimum absolute atomic E-state index is 0.105. The fourth-order valence-corrected chi connectivity index (χ4v) is 2.51. The maximum absolute atomic E-state index is 9.08. The number of guanidine groups is 1. The van der Waals surface area contributed by atoms with Crippen LogP contribution in [-0.4, -0.2) is 23.6 Å². The van der Waals surface area contributed by atoms with Crippen molar-refractivity contribution in [2.75, 3.05) is 7.05 Å². The summed E-state index contributed by atoms with van der Waals surface area (Å²) in [5.41, 5.74) is 1.20. The van der Waals surface area contributed by atoms with Crippen LogP contribution >= 0.6 is 0 Å². The van der Waals surface area contributed by atoms with Gasteiger partial charge in [0.25, 0.3) is 0 Å². The van der Waals surface area contributed by atoms with Crippen LogP contribution in [0, 0.1) is 17.2 Å². The van der Waals surface area contributed by atoms with Gasteiger partial charge < -0.3 is 15.2 Å². The number of hydrogen-bond acceptors (Lipinski definition) is 2. The molecule has 1 heterocycles. The molecule has 2 atom stereocenters. The fraction of sp³-hybridized carbons (Fsp3) is 0.571. The number of nitrogens with one attached hydrogen (secondary N) is 2. The zero-order valence-electron chi connectivity index (χ0n) is 11.6. The number of aromatic nitrogens is 1. The lowest BCUT2D eigenvalue weighted by molar-refractivity contribution is 0.531. The Balaban J connectivity index is 1.88. The van der Waals surface area contributed by atoms with Crippen molar-refractivity contribution in [3.63, 3.8) is 0 Å². The minimum atomic E-state index is 0.105. The molecule has 0 saturated heterocycles. The largest absolute Gasteiger partial charge is 0.353 e. The summed E-state index contributed by atoms with van der Waals surface area (Å²) in [6.07, 6.45) is 5.17. The third-order valence-corrected chi connectivity index (χ3v) is 3.72. The van der Waals surface area contributed by atoms with Crippen LogP contribution in [0.1, 0.15) is 25.0 Å². The highest BCUT2D eigenvalue weighted by atomic mass is 15.2. The van der Waals surface area contributed by atoms with Gasteiger partial charge in [-0.3, -0.25) is 4.99 Å². The highest BCUT2D eigenvalue weighted by Crippen LogP contribution is 2.24. The molecule has 0 bridgehead atoms. The standard InChI is InChI=1S/C14H21N5/c1-16-14(17-10-12-6-4-8-19(12)2)18-13-7-3-5-11(13)9-15/h4,6,8,11,13H,3,5,7,10H2,1-2H3,(H2,16,17,18). The van der Waals surface area contributed by atoms with E-state index in [-0.39, 0.29) is 12.0 Å². The van der Waals surface area contributed by atoms with Crippen LogP contribution < -0.4 is 10.6 Å². The summed E-state index contributed by atoms with van der Waals surface area (Å²) in [5.74, 6) is 0.877. The summed E-state index contributed by atoms with van der Waals surface area (Å²) in [6, 6.07) is 6.70. The Bertz CT molecular complexity index is 482. The molecule has 2 rings (SSSR count). The SMILES string of the molecule is CN=C(NCc1cccn1C)NC1CCCC1C#N. The first-order chi connectivity index (χ1) is 9.24. The van der Waals surface area contributed by atoms with E-state index in [0.29, 0.717) is 0 Å². The predicted octanol–water partition coefficient (Wildman–Crippen LogP) is 1.38. The Morgan fingerprint density at radius 1 is 1.58 bits per heavy atom. The van der Waals surface area contributed by atoms with E-state index in [1.54, 1.807) is 7.05 Å². The quantitative estimate of drug-likeness (QED) is 0.636. The molecule has 1 fully saturated rings. The van der Waals surface area contributed by atoms with Crippen molar-refractivity contribution in [1.82, 2.24) is 15.2 Å². The van der Waals surface area contributed by atoms with Crippen LogP contribution in [0.2, 0.25) is 0 Å². The Hall–Kier alpha value is -1.96. The smallest absolute Gasteiger partial charge is 0.191 e. The molecule has 1 saturated carbocycles. The van der Waals surface area contributed by atoms with Gasteiger partial charge in [0.05, 0.1) is 18.5 Å². The summed E-state index contributed by atoms with van der Waals surface area (Å²) in [6.45, 7) is 0.729. The summed E-state index contributed by atoms with van der Waals surface area (Å²) < 4.78 is 2.08. The van der Waals surface area contributed by atoms with E-state index in [4.69, 9.17) is 5.26 Å². The van der Waals surface area contributed by atoms with Gasteiger partial charge in [-0.15, -0.1) is 0 Å². The second kappa shape index (κ2) is 6.28. The maximum atomic E-state index is 9.08. The zero-order chi connectivity index (χ0) is 13.7. The molecule has 102 valence electrons. The average Bonchev–Trinajstić information content (AvgIpc) is 3.03. The van der Waals surface area contributed by atoms with Crippen LogP contribution in [-0.2, 0) is 13.6 Å². The molecule has 0 radical (unpaired) electrons.